The standard InChI is InChI=1S/C17H23N3S2/c1-2-5-14-18-16(20-8-10-21-11-9-20)15-12-6-3-4-7-13(12)22-17(15)19-14/h2-11H2,1H3. The first-order valence-electron chi connectivity index (χ1n) is 8.50. The Kier molecular flexibility index (Phi) is 4.27. The molecule has 0 atom stereocenters. The molecule has 0 aromatic carbocycles. The monoisotopic (exact) mass is 333 g/mol. The first-order valence-corrected chi connectivity index (χ1v) is 10.5. The number of nitrogens with zero attached hydrogens (tertiary/aromatic N) is 3. The molecule has 0 N–H and O–H groups in total. The molecule has 0 amide bonds. The van der Waals surface area contributed by atoms with Crippen LogP contribution in [0.5, 0.6) is 0 Å². The zero-order valence-corrected chi connectivity index (χ0v) is 14.9. The van der Waals surface area contributed by atoms with Crippen molar-refractivity contribution in [1.29, 1.82) is 0 Å². The molecule has 2 aromatic heterocycles. The second-order valence-electron chi connectivity index (χ2n) is 6.20. The fraction of sp³-hybridized carbons (Fsp3) is 0.647. The van der Waals surface area contributed by atoms with Crippen LogP contribution in [0.3, 0.4) is 0 Å². The molecule has 1 aliphatic heterocycles. The largest absolute Gasteiger partial charge is 0.354 e. The lowest BCUT2D eigenvalue weighted by atomic mass is 9.97. The molecule has 0 unspecified atom stereocenters. The van der Waals surface area contributed by atoms with Gasteiger partial charge in [-0.1, -0.05) is 6.92 Å². The van der Waals surface area contributed by atoms with Crippen LogP contribution in [0.2, 0.25) is 0 Å². The highest BCUT2D eigenvalue weighted by molar-refractivity contribution is 7.99. The van der Waals surface area contributed by atoms with Crippen LogP contribution in [0.25, 0.3) is 10.2 Å². The molecule has 1 aliphatic carbocycles. The van der Waals surface area contributed by atoms with Crippen molar-refractivity contribution in [2.75, 3.05) is 29.5 Å². The van der Waals surface area contributed by atoms with Crippen LogP contribution < -0.4 is 4.90 Å². The van der Waals surface area contributed by atoms with Crippen molar-refractivity contribution in [3.05, 3.63) is 16.3 Å². The number of aromatic nitrogens is 2. The Hall–Kier alpha value is -0.810. The quantitative estimate of drug-likeness (QED) is 0.846. The minimum absolute atomic E-state index is 0.994. The van der Waals surface area contributed by atoms with E-state index in [9.17, 15) is 0 Å². The van der Waals surface area contributed by atoms with Crippen LogP contribution in [-0.2, 0) is 19.3 Å². The highest BCUT2D eigenvalue weighted by Gasteiger charge is 2.24. The first kappa shape index (κ1) is 14.8. The Morgan fingerprint density at radius 3 is 2.73 bits per heavy atom. The average molecular weight is 334 g/mol. The van der Waals surface area contributed by atoms with Crippen molar-refractivity contribution in [2.24, 2.45) is 0 Å². The van der Waals surface area contributed by atoms with Crippen LogP contribution in [0, 0.1) is 0 Å². The highest BCUT2D eigenvalue weighted by atomic mass is 32.2. The molecule has 118 valence electrons. The van der Waals surface area contributed by atoms with E-state index >= 15 is 0 Å². The molecule has 2 aliphatic rings. The van der Waals surface area contributed by atoms with E-state index in [1.807, 2.05) is 11.3 Å². The van der Waals surface area contributed by atoms with Gasteiger partial charge in [-0.05, 0) is 37.7 Å². The Labute approximate surface area is 140 Å². The van der Waals surface area contributed by atoms with Gasteiger partial charge in [-0.2, -0.15) is 11.8 Å². The molecule has 0 spiro atoms. The predicted molar refractivity (Wildman–Crippen MR) is 97.6 cm³/mol. The lowest BCUT2D eigenvalue weighted by molar-refractivity contribution is 0.699. The van der Waals surface area contributed by atoms with Gasteiger partial charge in [-0.15, -0.1) is 11.3 Å². The molecule has 22 heavy (non-hydrogen) atoms. The SMILES string of the molecule is CCCc1nc(N2CCSCC2)c2c3c(sc2n1)CCCC3. The smallest absolute Gasteiger partial charge is 0.141 e. The molecule has 4 rings (SSSR count). The lowest BCUT2D eigenvalue weighted by Crippen LogP contribution is -2.33. The van der Waals surface area contributed by atoms with Crippen LogP contribution >= 0.6 is 23.1 Å². The molecular weight excluding hydrogens is 310 g/mol. The number of hydrogen-bond donors (Lipinski definition) is 0. The molecule has 3 heterocycles. The molecule has 3 nitrogen and oxygen atoms in total. The summed E-state index contributed by atoms with van der Waals surface area (Å²) >= 11 is 4.00. The molecule has 2 aromatic rings. The molecule has 5 heteroatoms. The normalized spacial score (nSPS) is 18.7. The molecule has 1 fully saturated rings. The zero-order chi connectivity index (χ0) is 14.9. The van der Waals surface area contributed by atoms with Gasteiger partial charge in [0.05, 0.1) is 5.39 Å². The van der Waals surface area contributed by atoms with E-state index in [0.717, 1.165) is 31.8 Å². The predicted octanol–water partition coefficient (Wildman–Crippen LogP) is 4.08. The van der Waals surface area contributed by atoms with Crippen LogP contribution in [-0.4, -0.2) is 34.6 Å². The summed E-state index contributed by atoms with van der Waals surface area (Å²) < 4.78 is 0. The Bertz CT molecular complexity index is 674. The van der Waals surface area contributed by atoms with Gasteiger partial charge in [-0.3, -0.25) is 0 Å². The van der Waals surface area contributed by atoms with Gasteiger partial charge in [0.15, 0.2) is 0 Å². The fourth-order valence-corrected chi connectivity index (χ4v) is 5.70. The van der Waals surface area contributed by atoms with Crippen LogP contribution in [0.1, 0.15) is 42.5 Å². The van der Waals surface area contributed by atoms with Crippen LogP contribution in [0.4, 0.5) is 5.82 Å². The van der Waals surface area contributed by atoms with Crippen LogP contribution in [0.15, 0.2) is 0 Å². The third kappa shape index (κ3) is 2.62. The minimum Gasteiger partial charge on any atom is -0.354 e. The number of thioether (sulfide) groups is 1. The van der Waals surface area contributed by atoms with Gasteiger partial charge in [0.25, 0.3) is 0 Å². The summed E-state index contributed by atoms with van der Waals surface area (Å²) in [5.41, 5.74) is 1.57. The molecule has 0 radical (unpaired) electrons. The Morgan fingerprint density at radius 1 is 1.09 bits per heavy atom. The Morgan fingerprint density at radius 2 is 1.91 bits per heavy atom. The number of thiophene rings is 1. The maximum absolute atomic E-state index is 5.01. The third-order valence-electron chi connectivity index (χ3n) is 4.63. The first-order chi connectivity index (χ1) is 10.9. The van der Waals surface area contributed by atoms with Crippen molar-refractivity contribution in [1.82, 2.24) is 9.97 Å². The van der Waals surface area contributed by atoms with E-state index in [-0.39, 0.29) is 0 Å². The van der Waals surface area contributed by atoms with Gasteiger partial charge in [0.2, 0.25) is 0 Å². The third-order valence-corrected chi connectivity index (χ3v) is 6.75. The summed E-state index contributed by atoms with van der Waals surface area (Å²) in [6, 6.07) is 0. The van der Waals surface area contributed by atoms with E-state index in [4.69, 9.17) is 9.97 Å². The molecule has 0 bridgehead atoms. The van der Waals surface area contributed by atoms with E-state index in [0.29, 0.717) is 0 Å². The summed E-state index contributed by atoms with van der Waals surface area (Å²) in [5, 5.41) is 1.39. The zero-order valence-electron chi connectivity index (χ0n) is 13.2. The molecular formula is C17H23N3S2. The summed E-state index contributed by atoms with van der Waals surface area (Å²) in [6.45, 7) is 4.48. The lowest BCUT2D eigenvalue weighted by Gasteiger charge is -2.28. The number of anilines is 1. The van der Waals surface area contributed by atoms with Gasteiger partial charge in [0, 0.05) is 35.9 Å². The summed E-state index contributed by atoms with van der Waals surface area (Å²) in [7, 11) is 0. The van der Waals surface area contributed by atoms with Gasteiger partial charge in [-0.25, -0.2) is 9.97 Å². The Balaban J connectivity index is 1.87. The second kappa shape index (κ2) is 6.36. The minimum atomic E-state index is 0.994. The van der Waals surface area contributed by atoms with E-state index < -0.39 is 0 Å². The summed E-state index contributed by atoms with van der Waals surface area (Å²) in [5.74, 6) is 4.73. The topological polar surface area (TPSA) is 29.0 Å². The number of rotatable bonds is 3. The second-order valence-corrected chi connectivity index (χ2v) is 8.51. The van der Waals surface area contributed by atoms with Crippen molar-refractivity contribution >= 4 is 39.1 Å². The number of aryl methyl sites for hydroxylation is 3. The molecule has 0 saturated carbocycles. The van der Waals surface area contributed by atoms with Crippen molar-refractivity contribution in [3.8, 4) is 0 Å². The number of fused-ring (bicyclic) bond motifs is 3. The summed E-state index contributed by atoms with van der Waals surface area (Å²) in [4.78, 5) is 15.3. The van der Waals surface area contributed by atoms with Gasteiger partial charge >= 0.3 is 0 Å². The number of hydrogen-bond acceptors (Lipinski definition) is 5. The maximum atomic E-state index is 5.01. The van der Waals surface area contributed by atoms with Crippen molar-refractivity contribution in [2.45, 2.75) is 45.4 Å². The fourth-order valence-electron chi connectivity index (χ4n) is 3.52. The summed E-state index contributed by atoms with van der Waals surface area (Å²) in [6.07, 6.45) is 7.24. The average Bonchev–Trinajstić information content (AvgIpc) is 2.93. The van der Waals surface area contributed by atoms with E-state index in [2.05, 4.69) is 23.6 Å². The van der Waals surface area contributed by atoms with E-state index in [1.54, 1.807) is 10.4 Å². The van der Waals surface area contributed by atoms with Gasteiger partial charge < -0.3 is 4.90 Å². The highest BCUT2D eigenvalue weighted by Crippen LogP contribution is 2.40. The van der Waals surface area contributed by atoms with Crippen molar-refractivity contribution in [3.63, 3.8) is 0 Å². The van der Waals surface area contributed by atoms with Crippen molar-refractivity contribution < 1.29 is 0 Å². The van der Waals surface area contributed by atoms with Gasteiger partial charge in [0.1, 0.15) is 16.5 Å². The van der Waals surface area contributed by atoms with E-state index in [1.165, 1.54) is 53.2 Å². The molecule has 1 saturated heterocycles. The maximum Gasteiger partial charge on any atom is 0.141 e.